The van der Waals surface area contributed by atoms with Crippen molar-refractivity contribution in [3.63, 3.8) is 0 Å². The Morgan fingerprint density at radius 2 is 1.82 bits per heavy atom. The second kappa shape index (κ2) is 9.24. The molecule has 0 heterocycles. The third-order valence-corrected chi connectivity index (χ3v) is 4.59. The number of phenols is 1. The summed E-state index contributed by atoms with van der Waals surface area (Å²) in [5, 5.41) is 10.2. The molecule has 0 saturated carbocycles. The number of ketones is 1. The van der Waals surface area contributed by atoms with Crippen molar-refractivity contribution in [3.8, 4) is 17.2 Å². The first kappa shape index (κ1) is 19.7. The van der Waals surface area contributed by atoms with Gasteiger partial charge in [-0.2, -0.15) is 0 Å². The fourth-order valence-electron chi connectivity index (χ4n) is 2.71. The Morgan fingerprint density at radius 3 is 2.57 bits per heavy atom. The largest absolute Gasteiger partial charge is 0.507 e. The molecule has 0 aliphatic carbocycles. The number of benzene rings is 3. The zero-order valence-corrected chi connectivity index (χ0v) is 16.8. The molecule has 4 nitrogen and oxygen atoms in total. The highest BCUT2D eigenvalue weighted by Gasteiger charge is 2.16. The molecule has 3 rings (SSSR count). The molecule has 0 radical (unpaired) electrons. The zero-order valence-electron chi connectivity index (χ0n) is 15.3. The fraction of sp³-hybridized carbons (Fsp3) is 0.0870. The average Bonchev–Trinajstić information content (AvgIpc) is 2.71. The Morgan fingerprint density at radius 1 is 1.04 bits per heavy atom. The number of halogens is 1. The molecule has 0 fully saturated rings. The van der Waals surface area contributed by atoms with Crippen LogP contribution in [0, 0.1) is 0 Å². The van der Waals surface area contributed by atoms with Crippen LogP contribution in [0.5, 0.6) is 17.2 Å². The van der Waals surface area contributed by atoms with Crippen LogP contribution in [0.15, 0.2) is 77.3 Å². The van der Waals surface area contributed by atoms with Gasteiger partial charge in [0.15, 0.2) is 5.78 Å². The van der Waals surface area contributed by atoms with E-state index in [0.717, 1.165) is 15.6 Å². The SMILES string of the molecule is COc1ccc(Br)cc1/C=C/C(=O)c1c(O)cccc1OCc1ccccc1. The van der Waals surface area contributed by atoms with Crippen LogP contribution in [-0.2, 0) is 6.61 Å². The molecule has 0 unspecified atom stereocenters. The third kappa shape index (κ3) is 4.81. The summed E-state index contributed by atoms with van der Waals surface area (Å²) in [7, 11) is 1.57. The number of ether oxygens (including phenoxy) is 2. The predicted molar refractivity (Wildman–Crippen MR) is 113 cm³/mol. The first-order valence-corrected chi connectivity index (χ1v) is 9.42. The summed E-state index contributed by atoms with van der Waals surface area (Å²) in [6.07, 6.45) is 3.05. The maximum Gasteiger partial charge on any atom is 0.193 e. The predicted octanol–water partition coefficient (Wildman–Crippen LogP) is 5.64. The van der Waals surface area contributed by atoms with Crippen LogP contribution in [0.2, 0.25) is 0 Å². The van der Waals surface area contributed by atoms with E-state index in [9.17, 15) is 9.90 Å². The molecule has 0 bridgehead atoms. The van der Waals surface area contributed by atoms with Crippen LogP contribution in [0.3, 0.4) is 0 Å². The quantitative estimate of drug-likeness (QED) is 0.383. The molecule has 0 aliphatic rings. The van der Waals surface area contributed by atoms with E-state index in [1.165, 1.54) is 12.1 Å². The molecule has 0 atom stereocenters. The Labute approximate surface area is 172 Å². The van der Waals surface area contributed by atoms with Gasteiger partial charge in [-0.15, -0.1) is 0 Å². The minimum absolute atomic E-state index is 0.124. The second-order valence-corrected chi connectivity index (χ2v) is 6.92. The number of allylic oxidation sites excluding steroid dienone is 1. The Hall–Kier alpha value is -3.05. The van der Waals surface area contributed by atoms with Crippen LogP contribution < -0.4 is 9.47 Å². The van der Waals surface area contributed by atoms with Crippen LogP contribution in [0.1, 0.15) is 21.5 Å². The number of methoxy groups -OCH3 is 1. The van der Waals surface area contributed by atoms with E-state index in [-0.39, 0.29) is 17.1 Å². The minimum atomic E-state index is -0.358. The van der Waals surface area contributed by atoms with Gasteiger partial charge < -0.3 is 14.6 Å². The molecule has 3 aromatic carbocycles. The summed E-state index contributed by atoms with van der Waals surface area (Å²) in [4.78, 5) is 12.8. The molecule has 0 spiro atoms. The lowest BCUT2D eigenvalue weighted by atomic mass is 10.1. The van der Waals surface area contributed by atoms with E-state index < -0.39 is 0 Å². The van der Waals surface area contributed by atoms with Crippen molar-refractivity contribution in [1.82, 2.24) is 0 Å². The zero-order chi connectivity index (χ0) is 19.9. The molecule has 142 valence electrons. The molecule has 5 heteroatoms. The van der Waals surface area contributed by atoms with Gasteiger partial charge in [0.25, 0.3) is 0 Å². The number of aromatic hydroxyl groups is 1. The summed E-state index contributed by atoms with van der Waals surface area (Å²) in [6, 6.07) is 19.9. The van der Waals surface area contributed by atoms with Crippen molar-refractivity contribution in [2.45, 2.75) is 6.61 Å². The average molecular weight is 439 g/mol. The Balaban J connectivity index is 1.84. The summed E-state index contributed by atoms with van der Waals surface area (Å²) >= 11 is 3.41. The fourth-order valence-corrected chi connectivity index (χ4v) is 3.09. The minimum Gasteiger partial charge on any atom is -0.507 e. The van der Waals surface area contributed by atoms with Gasteiger partial charge in [-0.1, -0.05) is 52.3 Å². The topological polar surface area (TPSA) is 55.8 Å². The van der Waals surface area contributed by atoms with Gasteiger partial charge in [0.05, 0.1) is 7.11 Å². The number of carbonyl (C=O) groups is 1. The summed E-state index contributed by atoms with van der Waals surface area (Å²) < 4.78 is 12.0. The first-order valence-electron chi connectivity index (χ1n) is 8.63. The summed E-state index contributed by atoms with van der Waals surface area (Å²) in [5.41, 5.74) is 1.84. The summed E-state index contributed by atoms with van der Waals surface area (Å²) in [6.45, 7) is 0.299. The van der Waals surface area contributed by atoms with Crippen LogP contribution in [0.4, 0.5) is 0 Å². The van der Waals surface area contributed by atoms with Crippen LogP contribution in [-0.4, -0.2) is 18.0 Å². The maximum atomic E-state index is 12.8. The van der Waals surface area contributed by atoms with Gasteiger partial charge in [0.1, 0.15) is 29.4 Å². The molecule has 0 amide bonds. The lowest BCUT2D eigenvalue weighted by Gasteiger charge is -2.11. The first-order chi connectivity index (χ1) is 13.6. The lowest BCUT2D eigenvalue weighted by molar-refractivity contribution is 0.104. The normalized spacial score (nSPS) is 10.8. The number of hydrogen-bond donors (Lipinski definition) is 1. The smallest absolute Gasteiger partial charge is 0.193 e. The van der Waals surface area contributed by atoms with Gasteiger partial charge in [-0.05, 0) is 48.0 Å². The monoisotopic (exact) mass is 438 g/mol. The number of hydrogen-bond acceptors (Lipinski definition) is 4. The summed E-state index contributed by atoms with van der Waals surface area (Å²) in [5.74, 6) is 0.495. The molecule has 0 aromatic heterocycles. The van der Waals surface area contributed by atoms with Crippen molar-refractivity contribution in [3.05, 3.63) is 94.0 Å². The van der Waals surface area contributed by atoms with E-state index in [1.807, 2.05) is 48.5 Å². The van der Waals surface area contributed by atoms with E-state index in [0.29, 0.717) is 18.1 Å². The van der Waals surface area contributed by atoms with Crippen molar-refractivity contribution in [2.24, 2.45) is 0 Å². The molecule has 1 N–H and O–H groups in total. The van der Waals surface area contributed by atoms with Gasteiger partial charge in [0, 0.05) is 10.0 Å². The van der Waals surface area contributed by atoms with Gasteiger partial charge in [-0.25, -0.2) is 0 Å². The van der Waals surface area contributed by atoms with Crippen molar-refractivity contribution in [2.75, 3.05) is 7.11 Å². The van der Waals surface area contributed by atoms with Gasteiger partial charge in [0.2, 0.25) is 0 Å². The number of carbonyl (C=O) groups excluding carboxylic acids is 1. The highest BCUT2D eigenvalue weighted by atomic mass is 79.9. The van der Waals surface area contributed by atoms with Gasteiger partial charge >= 0.3 is 0 Å². The molecule has 3 aromatic rings. The van der Waals surface area contributed by atoms with Gasteiger partial charge in [-0.3, -0.25) is 4.79 Å². The number of phenolic OH excluding ortho intramolecular Hbond substituents is 1. The Kier molecular flexibility index (Phi) is 6.50. The standard InChI is InChI=1S/C23H19BrO4/c1-27-21-13-11-18(24)14-17(21)10-12-20(26)23-19(25)8-5-9-22(23)28-15-16-6-3-2-4-7-16/h2-14,25H,15H2,1H3/b12-10+. The number of rotatable bonds is 7. The van der Waals surface area contributed by atoms with Crippen LogP contribution >= 0.6 is 15.9 Å². The molecular weight excluding hydrogens is 420 g/mol. The van der Waals surface area contributed by atoms with E-state index in [1.54, 1.807) is 25.3 Å². The molecular formula is C23H19BrO4. The van der Waals surface area contributed by atoms with E-state index in [2.05, 4.69) is 15.9 Å². The maximum absolute atomic E-state index is 12.8. The van der Waals surface area contributed by atoms with Crippen molar-refractivity contribution < 1.29 is 19.4 Å². The van der Waals surface area contributed by atoms with Crippen molar-refractivity contribution in [1.29, 1.82) is 0 Å². The van der Waals surface area contributed by atoms with Crippen molar-refractivity contribution >= 4 is 27.8 Å². The molecule has 0 saturated heterocycles. The van der Waals surface area contributed by atoms with E-state index >= 15 is 0 Å². The van der Waals surface area contributed by atoms with Crippen LogP contribution in [0.25, 0.3) is 6.08 Å². The molecule has 28 heavy (non-hydrogen) atoms. The Bertz CT molecular complexity index is 997. The molecule has 0 aliphatic heterocycles. The highest BCUT2D eigenvalue weighted by Crippen LogP contribution is 2.30. The van der Waals surface area contributed by atoms with E-state index in [4.69, 9.17) is 9.47 Å². The lowest BCUT2D eigenvalue weighted by Crippen LogP contribution is -2.03. The third-order valence-electron chi connectivity index (χ3n) is 4.09. The highest BCUT2D eigenvalue weighted by molar-refractivity contribution is 9.10. The second-order valence-electron chi connectivity index (χ2n) is 6.01.